The molecule has 4 N–H and O–H groups in total. The van der Waals surface area contributed by atoms with Crippen LogP contribution in [-0.4, -0.2) is 42.6 Å². The van der Waals surface area contributed by atoms with Gasteiger partial charge in [0.15, 0.2) is 0 Å². The number of hydrogen-bond acceptors (Lipinski definition) is 8. The molecule has 5 rings (SSSR count). The van der Waals surface area contributed by atoms with E-state index < -0.39 is 29.0 Å². The molecule has 2 aromatic heterocycles. The number of carboxylic acids is 1. The molecule has 0 spiro atoms. The van der Waals surface area contributed by atoms with Crippen molar-refractivity contribution in [2.45, 2.75) is 82.0 Å². The number of aryl methyl sites for hydroxylation is 1. The Morgan fingerprint density at radius 3 is 2.43 bits per heavy atom. The minimum Gasteiger partial charge on any atom is -0.480 e. The van der Waals surface area contributed by atoms with Crippen LogP contribution in [0.15, 0.2) is 36.7 Å². The Kier molecular flexibility index (Phi) is 8.26. The van der Waals surface area contributed by atoms with Gasteiger partial charge < -0.3 is 20.8 Å². The maximum absolute atomic E-state index is 13.1. The number of benzene rings is 1. The molecule has 0 unspecified atom stereocenters. The van der Waals surface area contributed by atoms with Crippen LogP contribution in [0.5, 0.6) is 0 Å². The van der Waals surface area contributed by atoms with Crippen LogP contribution in [0.25, 0.3) is 10.4 Å². The van der Waals surface area contributed by atoms with Crippen molar-refractivity contribution in [3.63, 3.8) is 0 Å². The zero-order chi connectivity index (χ0) is 30.1. The molecule has 0 radical (unpaired) electrons. The molecule has 0 saturated heterocycles. The van der Waals surface area contributed by atoms with E-state index >= 15 is 0 Å². The van der Waals surface area contributed by atoms with Crippen molar-refractivity contribution in [3.05, 3.63) is 52.9 Å². The van der Waals surface area contributed by atoms with Gasteiger partial charge in [-0.3, -0.25) is 4.79 Å². The Balaban J connectivity index is 1.26. The van der Waals surface area contributed by atoms with E-state index in [4.69, 9.17) is 0 Å². The summed E-state index contributed by atoms with van der Waals surface area (Å²) in [5.74, 6) is -1.83. The summed E-state index contributed by atoms with van der Waals surface area (Å²) >= 11 is 1.32. The Bertz CT molecular complexity index is 1460. The number of aromatic nitrogens is 3. The number of alkyl halides is 3. The molecular formula is C29H32F3N5O4S. The molecule has 0 bridgehead atoms. The second kappa shape index (κ2) is 11.6. The van der Waals surface area contributed by atoms with E-state index in [1.165, 1.54) is 11.3 Å². The molecule has 1 aromatic carbocycles. The van der Waals surface area contributed by atoms with Crippen molar-refractivity contribution < 1.29 is 33.0 Å². The van der Waals surface area contributed by atoms with Gasteiger partial charge in [-0.15, -0.1) is 11.3 Å². The SMILES string of the molecule is Cc1cc(Nc2nccc(C(F)(F)F)n2)cc(-c2cnc(C3(O)CCC(C(=O)NC4(C(=O)O)CCCCC4)CC3)s2)c1. The van der Waals surface area contributed by atoms with Gasteiger partial charge in [-0.2, -0.15) is 13.2 Å². The Labute approximate surface area is 244 Å². The number of halogens is 3. The summed E-state index contributed by atoms with van der Waals surface area (Å²) in [6.45, 7) is 1.85. The van der Waals surface area contributed by atoms with Crippen LogP contribution in [0.4, 0.5) is 24.8 Å². The van der Waals surface area contributed by atoms with Gasteiger partial charge in [-0.25, -0.2) is 19.7 Å². The molecule has 2 aliphatic rings. The minimum atomic E-state index is -4.59. The van der Waals surface area contributed by atoms with Crippen molar-refractivity contribution in [1.82, 2.24) is 20.3 Å². The lowest BCUT2D eigenvalue weighted by atomic mass is 9.77. The van der Waals surface area contributed by atoms with Crippen LogP contribution in [-0.2, 0) is 21.4 Å². The van der Waals surface area contributed by atoms with Crippen molar-refractivity contribution in [1.29, 1.82) is 0 Å². The summed E-state index contributed by atoms with van der Waals surface area (Å²) in [5.41, 5.74) is -1.36. The first-order valence-electron chi connectivity index (χ1n) is 13.9. The second-order valence-electron chi connectivity index (χ2n) is 11.2. The highest BCUT2D eigenvalue weighted by molar-refractivity contribution is 7.15. The van der Waals surface area contributed by atoms with Crippen molar-refractivity contribution >= 4 is 34.8 Å². The minimum absolute atomic E-state index is 0.181. The quantitative estimate of drug-likeness (QED) is 0.260. The first-order valence-corrected chi connectivity index (χ1v) is 14.7. The number of carbonyl (C=O) groups is 2. The third-order valence-corrected chi connectivity index (χ3v) is 9.37. The highest BCUT2D eigenvalue weighted by Crippen LogP contribution is 2.43. The number of amides is 1. The number of carboxylic acid groups (broad SMARTS) is 1. The molecule has 13 heteroatoms. The van der Waals surface area contributed by atoms with Crippen molar-refractivity contribution in [2.24, 2.45) is 5.92 Å². The van der Waals surface area contributed by atoms with Gasteiger partial charge in [0, 0.05) is 24.0 Å². The number of rotatable bonds is 7. The number of carbonyl (C=O) groups excluding carboxylic acids is 1. The van der Waals surface area contributed by atoms with Gasteiger partial charge in [0.05, 0.1) is 4.88 Å². The highest BCUT2D eigenvalue weighted by atomic mass is 32.1. The summed E-state index contributed by atoms with van der Waals surface area (Å²) in [4.78, 5) is 37.7. The van der Waals surface area contributed by atoms with E-state index in [1.54, 1.807) is 18.3 Å². The number of aliphatic hydroxyl groups is 1. The van der Waals surface area contributed by atoms with Gasteiger partial charge in [0.1, 0.15) is 21.8 Å². The van der Waals surface area contributed by atoms with Crippen LogP contribution < -0.4 is 10.6 Å². The maximum Gasteiger partial charge on any atom is 0.433 e. The molecule has 2 saturated carbocycles. The number of anilines is 2. The molecule has 42 heavy (non-hydrogen) atoms. The lowest BCUT2D eigenvalue weighted by Crippen LogP contribution is -2.57. The van der Waals surface area contributed by atoms with Crippen molar-refractivity contribution in [3.8, 4) is 10.4 Å². The summed E-state index contributed by atoms with van der Waals surface area (Å²) in [6.07, 6.45) is 2.88. The van der Waals surface area contributed by atoms with Gasteiger partial charge in [0.2, 0.25) is 11.9 Å². The highest BCUT2D eigenvalue weighted by Gasteiger charge is 2.44. The topological polar surface area (TPSA) is 137 Å². The standard InChI is InChI=1S/C29H32F3N5O4S/c1-17-13-19(15-20(14-17)35-26-33-12-7-22(36-26)29(30,31)32)21-16-34-24(42-21)28(41)10-5-18(6-11-28)23(38)37-27(25(39)40)8-3-2-4-9-27/h7,12-16,18,41H,2-6,8-11H2,1H3,(H,37,38)(H,39,40)(H,33,35,36). The molecule has 3 aromatic rings. The molecule has 1 amide bonds. The third kappa shape index (κ3) is 6.41. The fourth-order valence-corrected chi connectivity index (χ4v) is 6.83. The molecule has 9 nitrogen and oxygen atoms in total. The van der Waals surface area contributed by atoms with E-state index in [0.717, 1.165) is 47.5 Å². The van der Waals surface area contributed by atoms with Crippen LogP contribution in [0.1, 0.15) is 74.1 Å². The summed E-state index contributed by atoms with van der Waals surface area (Å²) in [5, 5.41) is 27.4. The molecule has 224 valence electrons. The zero-order valence-electron chi connectivity index (χ0n) is 23.0. The fraction of sp³-hybridized carbons (Fsp3) is 0.483. The number of hydrogen-bond donors (Lipinski definition) is 4. The first-order chi connectivity index (χ1) is 19.9. The maximum atomic E-state index is 13.1. The van der Waals surface area contributed by atoms with E-state index in [-0.39, 0.29) is 17.8 Å². The van der Waals surface area contributed by atoms with E-state index in [2.05, 4.69) is 25.6 Å². The molecule has 2 heterocycles. The van der Waals surface area contributed by atoms with Gasteiger partial charge >= 0.3 is 12.1 Å². The van der Waals surface area contributed by atoms with Gasteiger partial charge in [-0.1, -0.05) is 25.3 Å². The monoisotopic (exact) mass is 603 g/mol. The van der Waals surface area contributed by atoms with Crippen LogP contribution >= 0.6 is 11.3 Å². The van der Waals surface area contributed by atoms with Gasteiger partial charge in [-0.05, 0) is 74.8 Å². The lowest BCUT2D eigenvalue weighted by molar-refractivity contribution is -0.150. The number of thiazole rings is 1. The van der Waals surface area contributed by atoms with Gasteiger partial charge in [0.25, 0.3) is 0 Å². The molecule has 2 aliphatic carbocycles. The number of aliphatic carboxylic acids is 1. The van der Waals surface area contributed by atoms with E-state index in [1.807, 2.05) is 13.0 Å². The Hall–Kier alpha value is -3.58. The number of nitrogens with zero attached hydrogens (tertiary/aromatic N) is 3. The van der Waals surface area contributed by atoms with Crippen LogP contribution in [0, 0.1) is 12.8 Å². The Morgan fingerprint density at radius 2 is 1.76 bits per heavy atom. The van der Waals surface area contributed by atoms with E-state index in [9.17, 15) is 33.0 Å². The smallest absolute Gasteiger partial charge is 0.433 e. The van der Waals surface area contributed by atoms with Crippen LogP contribution in [0.3, 0.4) is 0 Å². The molecule has 0 atom stereocenters. The Morgan fingerprint density at radius 1 is 1.05 bits per heavy atom. The first kappa shape index (κ1) is 29.9. The summed E-state index contributed by atoms with van der Waals surface area (Å²) in [7, 11) is 0. The molecule has 0 aliphatic heterocycles. The van der Waals surface area contributed by atoms with E-state index in [0.29, 0.717) is 49.2 Å². The zero-order valence-corrected chi connectivity index (χ0v) is 23.8. The largest absolute Gasteiger partial charge is 0.480 e. The average molecular weight is 604 g/mol. The van der Waals surface area contributed by atoms with Crippen molar-refractivity contribution in [2.75, 3.05) is 5.32 Å². The summed E-state index contributed by atoms with van der Waals surface area (Å²) in [6, 6.07) is 6.23. The summed E-state index contributed by atoms with van der Waals surface area (Å²) < 4.78 is 39.2. The molecular weight excluding hydrogens is 571 g/mol. The third-order valence-electron chi connectivity index (χ3n) is 8.13. The van der Waals surface area contributed by atoms with Crippen LogP contribution in [0.2, 0.25) is 0 Å². The number of nitrogens with one attached hydrogen (secondary N) is 2. The molecule has 2 fully saturated rings. The average Bonchev–Trinajstić information content (AvgIpc) is 3.45. The predicted molar refractivity (Wildman–Crippen MR) is 150 cm³/mol. The lowest BCUT2D eigenvalue weighted by Gasteiger charge is -2.38. The predicted octanol–water partition coefficient (Wildman–Crippen LogP) is 5.95. The normalized spacial score (nSPS) is 22.4. The second-order valence-corrected chi connectivity index (χ2v) is 12.3. The fourth-order valence-electron chi connectivity index (χ4n) is 5.78.